The summed E-state index contributed by atoms with van der Waals surface area (Å²) in [5, 5.41) is 0. The maximum absolute atomic E-state index is 5.23. The number of nitrogens with two attached hydrogens (primary N) is 1. The molecule has 0 spiro atoms. The molecule has 2 N–H and O–H groups in total. The zero-order chi connectivity index (χ0) is 9.84. The molecule has 0 fully saturated rings. The first-order valence-corrected chi connectivity index (χ1v) is 4.63. The Morgan fingerprint density at radius 2 is 2.15 bits per heavy atom. The number of aryl methyl sites for hydroxylation is 1. The van der Waals surface area contributed by atoms with E-state index in [9.17, 15) is 0 Å². The zero-order valence-electron chi connectivity index (χ0n) is 7.63. The number of hydrogen-bond donors (Lipinski definition) is 1. The second-order valence-electron chi connectivity index (χ2n) is 2.69. The molecule has 0 saturated carbocycles. The summed E-state index contributed by atoms with van der Waals surface area (Å²) >= 11 is 3.39. The molecule has 0 aliphatic rings. The number of ether oxygens (including phenoxy) is 1. The molecule has 3 nitrogen and oxygen atoms in total. The zero-order valence-corrected chi connectivity index (χ0v) is 9.22. The molecule has 0 unspecified atom stereocenters. The first kappa shape index (κ1) is 10.5. The van der Waals surface area contributed by atoms with Crippen molar-refractivity contribution in [3.63, 3.8) is 0 Å². The van der Waals surface area contributed by atoms with E-state index in [2.05, 4.69) is 20.8 Å². The minimum absolute atomic E-state index is 0.356. The Morgan fingerprint density at radius 3 is 2.69 bits per heavy atom. The quantitative estimate of drug-likeness (QED) is 0.831. The van der Waals surface area contributed by atoms with Gasteiger partial charge >= 0.3 is 0 Å². The van der Waals surface area contributed by atoms with Crippen molar-refractivity contribution in [2.24, 2.45) is 5.90 Å². The van der Waals surface area contributed by atoms with Crippen LogP contribution in [0, 0.1) is 6.92 Å². The van der Waals surface area contributed by atoms with Crippen molar-refractivity contribution in [1.29, 1.82) is 0 Å². The summed E-state index contributed by atoms with van der Waals surface area (Å²) in [5.74, 6) is 5.82. The summed E-state index contributed by atoms with van der Waals surface area (Å²) in [6, 6.07) is 3.93. The highest BCUT2D eigenvalue weighted by molar-refractivity contribution is 9.10. The lowest BCUT2D eigenvalue weighted by Crippen LogP contribution is -2.03. The summed E-state index contributed by atoms with van der Waals surface area (Å²) < 4.78 is 6.14. The number of benzene rings is 1. The SMILES string of the molecule is COc1c(Br)ccc(C)c1CON. The average Bonchev–Trinajstić information content (AvgIpc) is 2.12. The smallest absolute Gasteiger partial charge is 0.138 e. The van der Waals surface area contributed by atoms with Crippen LogP contribution in [0.25, 0.3) is 0 Å². The third kappa shape index (κ3) is 2.21. The van der Waals surface area contributed by atoms with Gasteiger partial charge in [0.25, 0.3) is 0 Å². The van der Waals surface area contributed by atoms with Gasteiger partial charge in [-0.2, -0.15) is 0 Å². The lowest BCUT2D eigenvalue weighted by molar-refractivity contribution is 0.121. The Kier molecular flexibility index (Phi) is 3.71. The van der Waals surface area contributed by atoms with Crippen LogP contribution < -0.4 is 10.6 Å². The highest BCUT2D eigenvalue weighted by Crippen LogP contribution is 2.31. The molecule has 0 aromatic heterocycles. The molecule has 72 valence electrons. The molecule has 0 radical (unpaired) electrons. The summed E-state index contributed by atoms with van der Waals surface area (Å²) in [5.41, 5.74) is 2.07. The highest BCUT2D eigenvalue weighted by Gasteiger charge is 2.09. The Bertz CT molecular complexity index is 302. The van der Waals surface area contributed by atoms with E-state index in [1.807, 2.05) is 19.1 Å². The molecule has 1 aromatic carbocycles. The van der Waals surface area contributed by atoms with E-state index in [1.54, 1.807) is 7.11 Å². The van der Waals surface area contributed by atoms with Crippen LogP contribution >= 0.6 is 15.9 Å². The molecular formula is C9H12BrNO2. The molecule has 0 amide bonds. The van der Waals surface area contributed by atoms with E-state index in [4.69, 9.17) is 10.6 Å². The molecule has 0 saturated heterocycles. The molecule has 1 rings (SSSR count). The van der Waals surface area contributed by atoms with Gasteiger partial charge in [0.2, 0.25) is 0 Å². The fourth-order valence-corrected chi connectivity index (χ4v) is 1.71. The summed E-state index contributed by atoms with van der Waals surface area (Å²) in [6.45, 7) is 2.34. The normalized spacial score (nSPS) is 10.2. The molecule has 0 aliphatic heterocycles. The van der Waals surface area contributed by atoms with Gasteiger partial charge < -0.3 is 4.74 Å². The van der Waals surface area contributed by atoms with Crippen LogP contribution in [0.5, 0.6) is 5.75 Å². The van der Waals surface area contributed by atoms with Gasteiger partial charge in [-0.05, 0) is 34.5 Å². The van der Waals surface area contributed by atoms with Gasteiger partial charge in [0.05, 0.1) is 18.2 Å². The predicted octanol–water partition coefficient (Wildman–Crippen LogP) is 2.16. The van der Waals surface area contributed by atoms with Crippen molar-refractivity contribution >= 4 is 15.9 Å². The third-order valence-corrected chi connectivity index (χ3v) is 2.50. The largest absolute Gasteiger partial charge is 0.495 e. The van der Waals surface area contributed by atoms with Crippen molar-refractivity contribution in [3.8, 4) is 5.75 Å². The summed E-state index contributed by atoms with van der Waals surface area (Å²) in [6.07, 6.45) is 0. The maximum atomic E-state index is 5.23. The van der Waals surface area contributed by atoms with Crippen molar-refractivity contribution in [3.05, 3.63) is 27.7 Å². The molecule has 0 atom stereocenters. The Morgan fingerprint density at radius 1 is 1.46 bits per heavy atom. The van der Waals surface area contributed by atoms with E-state index in [1.165, 1.54) is 0 Å². The first-order valence-electron chi connectivity index (χ1n) is 3.84. The van der Waals surface area contributed by atoms with Gasteiger partial charge in [0.15, 0.2) is 0 Å². The van der Waals surface area contributed by atoms with Crippen molar-refractivity contribution in [2.45, 2.75) is 13.5 Å². The van der Waals surface area contributed by atoms with E-state index in [0.29, 0.717) is 6.61 Å². The fraction of sp³-hybridized carbons (Fsp3) is 0.333. The topological polar surface area (TPSA) is 44.5 Å². The van der Waals surface area contributed by atoms with Gasteiger partial charge in [0, 0.05) is 5.56 Å². The monoisotopic (exact) mass is 245 g/mol. The van der Waals surface area contributed by atoms with E-state index in [0.717, 1.165) is 21.3 Å². The molecule has 1 aromatic rings. The van der Waals surface area contributed by atoms with Crippen LogP contribution in [0.1, 0.15) is 11.1 Å². The van der Waals surface area contributed by atoms with E-state index < -0.39 is 0 Å². The van der Waals surface area contributed by atoms with Crippen LogP contribution in [0.3, 0.4) is 0 Å². The second-order valence-corrected chi connectivity index (χ2v) is 3.54. The molecule has 4 heteroatoms. The third-order valence-electron chi connectivity index (χ3n) is 1.88. The van der Waals surface area contributed by atoms with Crippen molar-refractivity contribution in [1.82, 2.24) is 0 Å². The second kappa shape index (κ2) is 4.60. The number of methoxy groups -OCH3 is 1. The van der Waals surface area contributed by atoms with Gasteiger partial charge in [0.1, 0.15) is 5.75 Å². The van der Waals surface area contributed by atoms with Gasteiger partial charge in [-0.25, -0.2) is 5.90 Å². The van der Waals surface area contributed by atoms with Gasteiger partial charge in [-0.15, -0.1) is 0 Å². The minimum atomic E-state index is 0.356. The number of halogens is 1. The standard InChI is InChI=1S/C9H12BrNO2/c1-6-3-4-8(10)9(12-2)7(6)5-13-11/h3-4H,5,11H2,1-2H3. The van der Waals surface area contributed by atoms with Crippen LogP contribution in [-0.4, -0.2) is 7.11 Å². The maximum Gasteiger partial charge on any atom is 0.138 e. The first-order chi connectivity index (χ1) is 6.20. The Balaban J connectivity index is 3.18. The molecule has 0 heterocycles. The fourth-order valence-electron chi connectivity index (χ4n) is 1.18. The lowest BCUT2D eigenvalue weighted by Gasteiger charge is -2.11. The number of rotatable bonds is 3. The van der Waals surface area contributed by atoms with E-state index >= 15 is 0 Å². The predicted molar refractivity (Wildman–Crippen MR) is 54.4 cm³/mol. The van der Waals surface area contributed by atoms with Gasteiger partial charge in [-0.3, -0.25) is 4.84 Å². The molecule has 0 bridgehead atoms. The van der Waals surface area contributed by atoms with Crippen molar-refractivity contribution < 1.29 is 9.57 Å². The van der Waals surface area contributed by atoms with Crippen LogP contribution in [0.15, 0.2) is 16.6 Å². The van der Waals surface area contributed by atoms with Crippen LogP contribution in [0.2, 0.25) is 0 Å². The Labute approximate surface area is 85.9 Å². The van der Waals surface area contributed by atoms with Crippen LogP contribution in [-0.2, 0) is 11.4 Å². The molecule has 13 heavy (non-hydrogen) atoms. The summed E-state index contributed by atoms with van der Waals surface area (Å²) in [4.78, 5) is 4.61. The van der Waals surface area contributed by atoms with Crippen molar-refractivity contribution in [2.75, 3.05) is 7.11 Å². The Hall–Kier alpha value is -0.580. The summed E-state index contributed by atoms with van der Waals surface area (Å²) in [7, 11) is 1.62. The average molecular weight is 246 g/mol. The van der Waals surface area contributed by atoms with E-state index in [-0.39, 0.29) is 0 Å². The van der Waals surface area contributed by atoms with Crippen LogP contribution in [0.4, 0.5) is 0 Å². The molecule has 0 aliphatic carbocycles. The van der Waals surface area contributed by atoms with Gasteiger partial charge in [-0.1, -0.05) is 6.07 Å². The minimum Gasteiger partial charge on any atom is -0.495 e. The highest BCUT2D eigenvalue weighted by atomic mass is 79.9. The lowest BCUT2D eigenvalue weighted by atomic mass is 10.1. The number of hydrogen-bond acceptors (Lipinski definition) is 3. The molecular weight excluding hydrogens is 234 g/mol.